The minimum atomic E-state index is -4.02. The number of halogens is 1. The van der Waals surface area contributed by atoms with Gasteiger partial charge in [0.15, 0.2) is 0 Å². The van der Waals surface area contributed by atoms with Gasteiger partial charge in [-0.1, -0.05) is 6.92 Å². The number of aromatic carboxylic acids is 1. The number of carbonyl (C=O) groups is 1. The third-order valence-corrected chi connectivity index (χ3v) is 5.68. The highest BCUT2D eigenvalue weighted by Gasteiger charge is 2.46. The highest BCUT2D eigenvalue weighted by atomic mass is 32.2. The summed E-state index contributed by atoms with van der Waals surface area (Å²) in [5, 5.41) is 18.8. The van der Waals surface area contributed by atoms with E-state index in [0.29, 0.717) is 6.42 Å². The lowest BCUT2D eigenvalue weighted by molar-refractivity contribution is -0.0613. The minimum Gasteiger partial charge on any atom is -0.478 e. The molecule has 1 aliphatic heterocycles. The maximum absolute atomic E-state index is 13.7. The van der Waals surface area contributed by atoms with Crippen molar-refractivity contribution in [3.63, 3.8) is 0 Å². The number of rotatable bonds is 4. The topological polar surface area (TPSA) is 94.9 Å². The number of β-amino-alcohol motifs (C(OH)–C–C–N with tert-alkyl or cyclic N) is 1. The molecule has 0 spiro atoms. The minimum absolute atomic E-state index is 0.0792. The summed E-state index contributed by atoms with van der Waals surface area (Å²) in [4.78, 5) is 10.6. The van der Waals surface area contributed by atoms with Crippen molar-refractivity contribution >= 4 is 16.0 Å². The summed E-state index contributed by atoms with van der Waals surface area (Å²) in [6, 6.07) is 1.73. The van der Waals surface area contributed by atoms with E-state index in [1.54, 1.807) is 6.92 Å². The van der Waals surface area contributed by atoms with Crippen molar-refractivity contribution in [3.05, 3.63) is 29.1 Å². The zero-order chi connectivity index (χ0) is 16.0. The Morgan fingerprint density at radius 2 is 2.00 bits per heavy atom. The fraction of sp³-hybridized carbons (Fsp3) is 0.462. The lowest BCUT2D eigenvalue weighted by Crippen LogP contribution is -2.62. The van der Waals surface area contributed by atoms with Gasteiger partial charge in [0.25, 0.3) is 0 Å². The van der Waals surface area contributed by atoms with E-state index in [2.05, 4.69) is 0 Å². The summed E-state index contributed by atoms with van der Waals surface area (Å²) in [5.74, 6) is -2.29. The molecule has 1 heterocycles. The number of aliphatic hydroxyl groups is 1. The Morgan fingerprint density at radius 3 is 2.48 bits per heavy atom. The Bertz CT molecular complexity index is 695. The van der Waals surface area contributed by atoms with Gasteiger partial charge in [-0.15, -0.1) is 0 Å². The summed E-state index contributed by atoms with van der Waals surface area (Å²) in [5.41, 5.74) is -1.63. The van der Waals surface area contributed by atoms with Crippen LogP contribution in [0.4, 0.5) is 4.39 Å². The van der Waals surface area contributed by atoms with Gasteiger partial charge in [0.1, 0.15) is 5.82 Å². The number of benzene rings is 1. The Morgan fingerprint density at radius 1 is 1.43 bits per heavy atom. The van der Waals surface area contributed by atoms with Gasteiger partial charge in [0.05, 0.1) is 16.1 Å². The van der Waals surface area contributed by atoms with Gasteiger partial charge < -0.3 is 10.2 Å². The molecule has 6 nitrogen and oxygen atoms in total. The summed E-state index contributed by atoms with van der Waals surface area (Å²) < 4.78 is 39.6. The number of hydrogen-bond donors (Lipinski definition) is 2. The number of sulfonamides is 1. The third kappa shape index (κ3) is 2.66. The van der Waals surface area contributed by atoms with Crippen molar-refractivity contribution in [3.8, 4) is 0 Å². The van der Waals surface area contributed by atoms with Crippen molar-refractivity contribution < 1.29 is 27.8 Å². The maximum Gasteiger partial charge on any atom is 0.335 e. The molecule has 2 N–H and O–H groups in total. The molecule has 116 valence electrons. The van der Waals surface area contributed by atoms with Crippen LogP contribution in [0, 0.1) is 12.7 Å². The van der Waals surface area contributed by atoms with Crippen LogP contribution in [0.3, 0.4) is 0 Å². The van der Waals surface area contributed by atoms with E-state index in [-0.39, 0.29) is 23.5 Å². The van der Waals surface area contributed by atoms with Crippen LogP contribution < -0.4 is 0 Å². The summed E-state index contributed by atoms with van der Waals surface area (Å²) in [7, 11) is -4.02. The number of nitrogens with zero attached hydrogens (tertiary/aromatic N) is 1. The number of carboxylic acids is 1. The normalized spacial score (nSPS) is 18.3. The van der Waals surface area contributed by atoms with Gasteiger partial charge in [-0.3, -0.25) is 0 Å². The van der Waals surface area contributed by atoms with Crippen LogP contribution >= 0.6 is 0 Å². The van der Waals surface area contributed by atoms with E-state index in [1.807, 2.05) is 0 Å². The largest absolute Gasteiger partial charge is 0.478 e. The van der Waals surface area contributed by atoms with E-state index in [4.69, 9.17) is 5.11 Å². The molecule has 21 heavy (non-hydrogen) atoms. The lowest BCUT2D eigenvalue weighted by atomic mass is 9.94. The fourth-order valence-electron chi connectivity index (χ4n) is 2.19. The second-order valence-corrected chi connectivity index (χ2v) is 7.14. The number of carboxylic acid groups (broad SMARTS) is 1. The Kier molecular flexibility index (Phi) is 3.81. The van der Waals surface area contributed by atoms with Gasteiger partial charge in [0.2, 0.25) is 10.0 Å². The quantitative estimate of drug-likeness (QED) is 0.863. The van der Waals surface area contributed by atoms with Crippen LogP contribution in [0.2, 0.25) is 0 Å². The molecule has 0 aliphatic carbocycles. The molecule has 0 saturated carbocycles. The first kappa shape index (κ1) is 15.9. The fourth-order valence-corrected chi connectivity index (χ4v) is 4.05. The third-order valence-electron chi connectivity index (χ3n) is 3.76. The smallest absolute Gasteiger partial charge is 0.335 e. The molecule has 0 aromatic heterocycles. The van der Waals surface area contributed by atoms with Crippen LogP contribution in [0.15, 0.2) is 17.0 Å². The van der Waals surface area contributed by atoms with E-state index >= 15 is 0 Å². The Balaban J connectivity index is 2.44. The van der Waals surface area contributed by atoms with Crippen molar-refractivity contribution in [1.82, 2.24) is 4.31 Å². The monoisotopic (exact) mass is 317 g/mol. The predicted octanol–water partition coefficient (Wildman–Crippen LogP) is 0.978. The zero-order valence-corrected chi connectivity index (χ0v) is 12.4. The summed E-state index contributed by atoms with van der Waals surface area (Å²) in [6.07, 6.45) is 0.404. The average molecular weight is 317 g/mol. The standard InChI is InChI=1S/C13H16FNO5S/c1-3-13(18)6-15(7-13)21(19,20)11-5-9(12(16)17)4-10(14)8(11)2/h4-5,18H,3,6-7H2,1-2H3,(H,16,17). The molecule has 0 atom stereocenters. The molecule has 0 radical (unpaired) electrons. The van der Waals surface area contributed by atoms with Crippen molar-refractivity contribution in [1.29, 1.82) is 0 Å². The SMILES string of the molecule is CCC1(O)CN(S(=O)(=O)c2cc(C(=O)O)cc(F)c2C)C1. The Labute approximate surface area is 121 Å². The molecule has 0 unspecified atom stereocenters. The van der Waals surface area contributed by atoms with Gasteiger partial charge in [0, 0.05) is 18.7 Å². The highest BCUT2D eigenvalue weighted by molar-refractivity contribution is 7.89. The first-order valence-corrected chi connectivity index (χ1v) is 7.81. The molecule has 1 aromatic carbocycles. The molecule has 0 bridgehead atoms. The Hall–Kier alpha value is -1.51. The van der Waals surface area contributed by atoms with E-state index in [9.17, 15) is 22.7 Å². The van der Waals surface area contributed by atoms with Crippen molar-refractivity contribution in [2.24, 2.45) is 0 Å². The second-order valence-electron chi connectivity index (χ2n) is 5.24. The first-order valence-electron chi connectivity index (χ1n) is 6.37. The van der Waals surface area contributed by atoms with E-state index < -0.39 is 33.0 Å². The molecule has 2 rings (SSSR count). The molecule has 8 heteroatoms. The van der Waals surface area contributed by atoms with Crippen LogP contribution in [0.5, 0.6) is 0 Å². The van der Waals surface area contributed by atoms with Gasteiger partial charge in [-0.2, -0.15) is 4.31 Å². The van der Waals surface area contributed by atoms with Gasteiger partial charge >= 0.3 is 5.97 Å². The van der Waals surface area contributed by atoms with E-state index in [0.717, 1.165) is 16.4 Å². The molecule has 1 fully saturated rings. The van der Waals surface area contributed by atoms with Crippen LogP contribution in [0.1, 0.15) is 29.3 Å². The zero-order valence-electron chi connectivity index (χ0n) is 11.6. The average Bonchev–Trinajstić information content (AvgIpc) is 2.37. The van der Waals surface area contributed by atoms with E-state index in [1.165, 1.54) is 6.92 Å². The molecule has 1 saturated heterocycles. The van der Waals surface area contributed by atoms with Crippen molar-refractivity contribution in [2.45, 2.75) is 30.8 Å². The van der Waals surface area contributed by atoms with Crippen molar-refractivity contribution in [2.75, 3.05) is 13.1 Å². The molecule has 1 aromatic rings. The van der Waals surface area contributed by atoms with Gasteiger partial charge in [-0.05, 0) is 25.5 Å². The summed E-state index contributed by atoms with van der Waals surface area (Å²) in [6.45, 7) is 2.86. The van der Waals surface area contributed by atoms with Crippen LogP contribution in [-0.2, 0) is 10.0 Å². The molecule has 0 amide bonds. The predicted molar refractivity (Wildman–Crippen MR) is 72.1 cm³/mol. The number of hydrogen-bond acceptors (Lipinski definition) is 4. The molecule has 1 aliphatic rings. The first-order chi connectivity index (χ1) is 9.60. The second kappa shape index (κ2) is 5.04. The summed E-state index contributed by atoms with van der Waals surface area (Å²) >= 11 is 0. The maximum atomic E-state index is 13.7. The highest BCUT2D eigenvalue weighted by Crippen LogP contribution is 2.32. The van der Waals surface area contributed by atoms with Crippen LogP contribution in [0.25, 0.3) is 0 Å². The molecular formula is C13H16FNO5S. The molecular weight excluding hydrogens is 301 g/mol. The lowest BCUT2D eigenvalue weighted by Gasteiger charge is -2.45. The van der Waals surface area contributed by atoms with Gasteiger partial charge in [-0.25, -0.2) is 17.6 Å². The van der Waals surface area contributed by atoms with Crippen LogP contribution in [-0.4, -0.2) is 47.6 Å².